The van der Waals surface area contributed by atoms with Crippen molar-refractivity contribution in [2.45, 2.75) is 45.6 Å². The van der Waals surface area contributed by atoms with Crippen LogP contribution >= 0.6 is 0 Å². The van der Waals surface area contributed by atoms with Crippen LogP contribution < -0.4 is 14.8 Å². The summed E-state index contributed by atoms with van der Waals surface area (Å²) in [6.07, 6.45) is 1.58. The first-order chi connectivity index (χ1) is 17.5. The van der Waals surface area contributed by atoms with Crippen molar-refractivity contribution in [2.24, 2.45) is 0 Å². The number of anilines is 1. The first kappa shape index (κ1) is 23.9. The Balaban J connectivity index is 1.63. The number of rotatable bonds is 7. The van der Waals surface area contributed by atoms with Crippen LogP contribution in [0.25, 0.3) is 0 Å². The molecule has 0 aromatic heterocycles. The molecule has 5 rings (SSSR count). The summed E-state index contributed by atoms with van der Waals surface area (Å²) >= 11 is 0. The number of nitrogens with one attached hydrogen (secondary N) is 1. The largest absolute Gasteiger partial charge is 0.490 e. The molecule has 6 nitrogen and oxygen atoms in total. The molecule has 0 bridgehead atoms. The van der Waals surface area contributed by atoms with Crippen molar-refractivity contribution in [1.29, 1.82) is 0 Å². The van der Waals surface area contributed by atoms with Gasteiger partial charge in [0.25, 0.3) is 5.91 Å². The Morgan fingerprint density at radius 2 is 1.69 bits per heavy atom. The second-order valence-electron chi connectivity index (χ2n) is 9.17. The van der Waals surface area contributed by atoms with Gasteiger partial charge in [-0.2, -0.15) is 0 Å². The number of hydrogen-bond acceptors (Lipinski definition) is 4. The van der Waals surface area contributed by atoms with Crippen LogP contribution in [0, 0.1) is 0 Å². The van der Waals surface area contributed by atoms with Crippen LogP contribution in [0.4, 0.5) is 5.69 Å². The Kier molecular flexibility index (Phi) is 6.68. The molecule has 0 fully saturated rings. The maximum Gasteiger partial charge on any atom is 0.254 e. The van der Waals surface area contributed by atoms with Gasteiger partial charge in [0.05, 0.1) is 25.2 Å². The normalized spacial score (nSPS) is 18.1. The molecule has 0 aliphatic carbocycles. The Morgan fingerprint density at radius 1 is 0.944 bits per heavy atom. The number of nitrogens with zero attached hydrogens (tertiary/aromatic N) is 1. The van der Waals surface area contributed by atoms with Crippen LogP contribution in [0.3, 0.4) is 0 Å². The van der Waals surface area contributed by atoms with E-state index in [0.717, 1.165) is 34.4 Å². The monoisotopic (exact) mass is 484 g/mol. The molecule has 2 heterocycles. The summed E-state index contributed by atoms with van der Waals surface area (Å²) in [4.78, 5) is 29.4. The lowest BCUT2D eigenvalue weighted by molar-refractivity contribution is -0.119. The number of amides is 2. The molecule has 0 radical (unpaired) electrons. The van der Waals surface area contributed by atoms with Crippen molar-refractivity contribution in [3.05, 3.63) is 88.5 Å². The molecule has 0 unspecified atom stereocenters. The molecule has 36 heavy (non-hydrogen) atoms. The molecule has 0 saturated heterocycles. The van der Waals surface area contributed by atoms with E-state index in [0.29, 0.717) is 43.2 Å². The minimum absolute atomic E-state index is 0.0369. The molecule has 3 aromatic carbocycles. The van der Waals surface area contributed by atoms with E-state index >= 15 is 0 Å². The third-order valence-corrected chi connectivity index (χ3v) is 7.07. The van der Waals surface area contributed by atoms with Gasteiger partial charge in [-0.05, 0) is 79.3 Å². The lowest BCUT2D eigenvalue weighted by atomic mass is 9.75. The van der Waals surface area contributed by atoms with Crippen molar-refractivity contribution in [1.82, 2.24) is 4.90 Å². The molecule has 0 spiro atoms. The van der Waals surface area contributed by atoms with E-state index in [4.69, 9.17) is 9.47 Å². The fraction of sp³-hybridized carbons (Fsp3) is 0.333. The molecule has 2 atom stereocenters. The highest BCUT2D eigenvalue weighted by Gasteiger charge is 2.46. The molecule has 0 saturated carbocycles. The van der Waals surface area contributed by atoms with Gasteiger partial charge in [0, 0.05) is 17.8 Å². The van der Waals surface area contributed by atoms with Crippen molar-refractivity contribution in [3.8, 4) is 11.5 Å². The Morgan fingerprint density at radius 3 is 2.44 bits per heavy atom. The van der Waals surface area contributed by atoms with Crippen LogP contribution in [-0.4, -0.2) is 36.5 Å². The molecule has 6 heteroatoms. The van der Waals surface area contributed by atoms with Gasteiger partial charge in [-0.3, -0.25) is 9.59 Å². The molecule has 186 valence electrons. The zero-order valence-corrected chi connectivity index (χ0v) is 21.0. The number of carbonyl (C=O) groups is 2. The highest BCUT2D eigenvalue weighted by molar-refractivity contribution is 6.04. The zero-order chi connectivity index (χ0) is 25.2. The van der Waals surface area contributed by atoms with Crippen LogP contribution in [-0.2, 0) is 17.6 Å². The number of hydrogen-bond donors (Lipinski definition) is 1. The highest BCUT2D eigenvalue weighted by Crippen LogP contribution is 2.48. The van der Waals surface area contributed by atoms with E-state index < -0.39 is 12.0 Å². The van der Waals surface area contributed by atoms with Crippen LogP contribution in [0.1, 0.15) is 65.3 Å². The quantitative estimate of drug-likeness (QED) is 0.479. The fourth-order valence-electron chi connectivity index (χ4n) is 5.44. The number of benzene rings is 3. The first-order valence-corrected chi connectivity index (χ1v) is 12.8. The Labute approximate surface area is 212 Å². The maximum atomic E-state index is 14.0. The number of fused-ring (bicyclic) bond motifs is 4. The van der Waals surface area contributed by atoms with Crippen LogP contribution in [0.15, 0.2) is 60.7 Å². The van der Waals surface area contributed by atoms with Gasteiger partial charge in [0.1, 0.15) is 0 Å². The summed E-state index contributed by atoms with van der Waals surface area (Å²) < 4.78 is 11.8. The summed E-state index contributed by atoms with van der Waals surface area (Å²) in [5.41, 5.74) is 5.29. The minimum atomic E-state index is -0.560. The van der Waals surface area contributed by atoms with Gasteiger partial charge in [0.2, 0.25) is 5.91 Å². The Hall–Kier alpha value is -3.80. The topological polar surface area (TPSA) is 67.9 Å². The summed E-state index contributed by atoms with van der Waals surface area (Å²) in [6, 6.07) is 19.0. The standard InChI is InChI=1S/C30H32N2O4/c1-4-19-10-9-11-21(16-19)31-29(33)27-22-12-7-8-13-23(22)30(34)32-15-14-20-17-25(35-5-2)26(36-6-3)18-24(20)28(27)32/h7-13,16-18,27-28H,4-6,14-15H2,1-3H3,(H,31,33)/t27-,28-/m1/s1. The van der Waals surface area contributed by atoms with Crippen LogP contribution in [0.2, 0.25) is 0 Å². The molecule has 1 N–H and O–H groups in total. The van der Waals surface area contributed by atoms with E-state index in [1.807, 2.05) is 73.3 Å². The zero-order valence-electron chi connectivity index (χ0n) is 21.0. The van der Waals surface area contributed by atoms with Crippen LogP contribution in [0.5, 0.6) is 11.5 Å². The number of aryl methyl sites for hydroxylation is 1. The van der Waals surface area contributed by atoms with Crippen molar-refractivity contribution in [3.63, 3.8) is 0 Å². The summed E-state index contributed by atoms with van der Waals surface area (Å²) in [6.45, 7) is 7.53. The second kappa shape index (κ2) is 10.1. The smallest absolute Gasteiger partial charge is 0.254 e. The minimum Gasteiger partial charge on any atom is -0.490 e. The summed E-state index contributed by atoms with van der Waals surface area (Å²) in [7, 11) is 0. The summed E-state index contributed by atoms with van der Waals surface area (Å²) in [5.74, 6) is 0.617. The molecular weight excluding hydrogens is 452 g/mol. The van der Waals surface area contributed by atoms with Crippen molar-refractivity contribution < 1.29 is 19.1 Å². The number of ether oxygens (including phenoxy) is 2. The van der Waals surface area contributed by atoms with E-state index in [1.165, 1.54) is 0 Å². The Bertz CT molecular complexity index is 1300. The lowest BCUT2D eigenvalue weighted by Crippen LogP contribution is -2.49. The second-order valence-corrected chi connectivity index (χ2v) is 9.17. The van der Waals surface area contributed by atoms with Gasteiger partial charge >= 0.3 is 0 Å². The predicted molar refractivity (Wildman–Crippen MR) is 140 cm³/mol. The number of carbonyl (C=O) groups excluding carboxylic acids is 2. The molecule has 3 aromatic rings. The highest BCUT2D eigenvalue weighted by atomic mass is 16.5. The molecule has 2 amide bonds. The molecule has 2 aliphatic rings. The van der Waals surface area contributed by atoms with Gasteiger partial charge in [-0.15, -0.1) is 0 Å². The first-order valence-electron chi connectivity index (χ1n) is 12.8. The third kappa shape index (κ3) is 4.21. The van der Waals surface area contributed by atoms with E-state index in [9.17, 15) is 9.59 Å². The molecular formula is C30H32N2O4. The van der Waals surface area contributed by atoms with E-state index in [2.05, 4.69) is 18.3 Å². The fourth-order valence-corrected chi connectivity index (χ4v) is 5.44. The predicted octanol–water partition coefficient (Wildman–Crippen LogP) is 5.52. The average Bonchev–Trinajstić information content (AvgIpc) is 2.89. The van der Waals surface area contributed by atoms with Gasteiger partial charge in [-0.1, -0.05) is 37.3 Å². The van der Waals surface area contributed by atoms with Gasteiger partial charge in [-0.25, -0.2) is 0 Å². The van der Waals surface area contributed by atoms with Gasteiger partial charge in [0.15, 0.2) is 11.5 Å². The summed E-state index contributed by atoms with van der Waals surface area (Å²) in [5, 5.41) is 3.14. The maximum absolute atomic E-state index is 14.0. The van der Waals surface area contributed by atoms with Crippen molar-refractivity contribution in [2.75, 3.05) is 25.1 Å². The van der Waals surface area contributed by atoms with E-state index in [-0.39, 0.29) is 11.8 Å². The van der Waals surface area contributed by atoms with E-state index in [1.54, 1.807) is 0 Å². The lowest BCUT2D eigenvalue weighted by Gasteiger charge is -2.45. The average molecular weight is 485 g/mol. The van der Waals surface area contributed by atoms with Gasteiger partial charge < -0.3 is 19.7 Å². The third-order valence-electron chi connectivity index (χ3n) is 7.07. The van der Waals surface area contributed by atoms with Crippen molar-refractivity contribution >= 4 is 17.5 Å². The molecule has 2 aliphatic heterocycles. The SMILES string of the molecule is CCOc1cc2c(cc1OCC)[C@@H]1[C@H](C(=O)Nc3cccc(CC)c3)c3ccccc3C(=O)N1CC2.